The molecule has 0 aliphatic carbocycles. The zero-order chi connectivity index (χ0) is 14.1. The van der Waals surface area contributed by atoms with E-state index in [9.17, 15) is 23.2 Å². The van der Waals surface area contributed by atoms with Crippen molar-refractivity contribution in [2.45, 2.75) is 44.3 Å². The number of carbonyl (C=O) groups is 1. The lowest BCUT2D eigenvalue weighted by atomic mass is 9.99. The van der Waals surface area contributed by atoms with Gasteiger partial charge in [0.15, 0.2) is 6.54 Å². The summed E-state index contributed by atoms with van der Waals surface area (Å²) in [7, 11) is 0. The summed E-state index contributed by atoms with van der Waals surface area (Å²) in [6.45, 7) is -0.725. The van der Waals surface area contributed by atoms with E-state index in [1.54, 1.807) is 4.90 Å². The minimum atomic E-state index is -4.42. The molecule has 7 heteroatoms. The van der Waals surface area contributed by atoms with Crippen LogP contribution in [0.2, 0.25) is 0 Å². The van der Waals surface area contributed by atoms with E-state index in [1.165, 1.54) is 0 Å². The zero-order valence-corrected chi connectivity index (χ0v) is 10.8. The molecule has 0 N–H and O–H groups in total. The van der Waals surface area contributed by atoms with Gasteiger partial charge in [-0.1, -0.05) is 0 Å². The first-order chi connectivity index (χ1) is 8.79. The Hall–Kier alpha value is -0.820. The molecule has 0 atom stereocenters. The van der Waals surface area contributed by atoms with Gasteiger partial charge in [-0.25, -0.2) is 0 Å². The van der Waals surface area contributed by atoms with Gasteiger partial charge in [0, 0.05) is 31.8 Å². The molecule has 2 aliphatic rings. The summed E-state index contributed by atoms with van der Waals surface area (Å²) in [4.78, 5) is 13.5. The molecule has 0 bridgehead atoms. The first kappa shape index (κ1) is 14.6. The van der Waals surface area contributed by atoms with E-state index >= 15 is 0 Å². The second-order valence-corrected chi connectivity index (χ2v) is 5.55. The molecule has 0 radical (unpaired) electrons. The Morgan fingerprint density at radius 1 is 1.26 bits per heavy atom. The highest BCUT2D eigenvalue weighted by Crippen LogP contribution is 2.28. The molecule has 0 spiro atoms. The molecule has 0 aromatic rings. The minimum Gasteiger partial charge on any atom is -0.633 e. The van der Waals surface area contributed by atoms with Gasteiger partial charge in [0.25, 0.3) is 0 Å². The van der Waals surface area contributed by atoms with Crippen LogP contribution in [-0.2, 0) is 4.79 Å². The van der Waals surface area contributed by atoms with Gasteiger partial charge in [-0.3, -0.25) is 4.79 Å². The van der Waals surface area contributed by atoms with Crippen LogP contribution in [0.5, 0.6) is 0 Å². The fraction of sp³-hybridized carbons (Fsp3) is 0.917. The lowest BCUT2D eigenvalue weighted by molar-refractivity contribution is -0.896. The normalized spacial score (nSPS) is 33.6. The smallest absolute Gasteiger partial charge is 0.438 e. The summed E-state index contributed by atoms with van der Waals surface area (Å²) in [6.07, 6.45) is -1.30. The number of carbonyl (C=O) groups excluding carboxylic acids is 1. The molecule has 2 fully saturated rings. The van der Waals surface area contributed by atoms with E-state index in [0.29, 0.717) is 25.8 Å². The predicted molar refractivity (Wildman–Crippen MR) is 62.9 cm³/mol. The van der Waals surface area contributed by atoms with Crippen molar-refractivity contribution < 1.29 is 22.6 Å². The van der Waals surface area contributed by atoms with Crippen molar-refractivity contribution in [2.75, 3.05) is 26.2 Å². The van der Waals surface area contributed by atoms with Crippen LogP contribution >= 0.6 is 0 Å². The van der Waals surface area contributed by atoms with Crippen LogP contribution in [0, 0.1) is 5.21 Å². The molecule has 19 heavy (non-hydrogen) atoms. The predicted octanol–water partition coefficient (Wildman–Crippen LogP) is 2.04. The van der Waals surface area contributed by atoms with Crippen LogP contribution in [0.4, 0.5) is 13.2 Å². The Balaban J connectivity index is 1.89. The van der Waals surface area contributed by atoms with Crippen LogP contribution in [0.1, 0.15) is 32.1 Å². The van der Waals surface area contributed by atoms with Crippen molar-refractivity contribution in [2.24, 2.45) is 0 Å². The highest BCUT2D eigenvalue weighted by Gasteiger charge is 2.41. The Morgan fingerprint density at radius 2 is 1.89 bits per heavy atom. The number of quaternary nitrogens is 1. The lowest BCUT2D eigenvalue weighted by Crippen LogP contribution is -2.57. The second kappa shape index (κ2) is 5.28. The Kier molecular flexibility index (Phi) is 4.06. The molecular formula is C12H19F3N2O2. The number of hydrogen-bond acceptors (Lipinski definition) is 2. The summed E-state index contributed by atoms with van der Waals surface area (Å²) in [5.74, 6) is 0.0815. The van der Waals surface area contributed by atoms with Crippen molar-refractivity contribution in [3.63, 3.8) is 0 Å². The molecule has 2 heterocycles. The molecule has 4 nitrogen and oxygen atoms in total. The van der Waals surface area contributed by atoms with E-state index in [4.69, 9.17) is 0 Å². The Morgan fingerprint density at radius 3 is 2.42 bits per heavy atom. The maximum atomic E-state index is 12.3. The number of alkyl halides is 3. The SMILES string of the molecule is O=C1CCCCN1C1CC[N+]([O-])(CC(F)(F)F)CC1. The lowest BCUT2D eigenvalue weighted by Gasteiger charge is -2.49. The first-order valence-corrected chi connectivity index (χ1v) is 6.72. The fourth-order valence-electron chi connectivity index (χ4n) is 3.03. The van der Waals surface area contributed by atoms with Crippen molar-refractivity contribution in [1.82, 2.24) is 4.90 Å². The fourth-order valence-corrected chi connectivity index (χ4v) is 3.03. The summed E-state index contributed by atoms with van der Waals surface area (Å²) in [6, 6.07) is -0.0405. The highest BCUT2D eigenvalue weighted by atomic mass is 19.4. The van der Waals surface area contributed by atoms with Gasteiger partial charge in [-0.05, 0) is 12.8 Å². The maximum absolute atomic E-state index is 12.3. The summed E-state index contributed by atoms with van der Waals surface area (Å²) >= 11 is 0. The molecule has 1 amide bonds. The number of hydrogen-bond donors (Lipinski definition) is 0. The summed E-state index contributed by atoms with van der Waals surface area (Å²) in [5.41, 5.74) is 0. The molecule has 0 aromatic heterocycles. The van der Waals surface area contributed by atoms with Gasteiger partial charge in [0.05, 0.1) is 13.1 Å². The molecule has 2 saturated heterocycles. The third-order valence-electron chi connectivity index (χ3n) is 4.01. The quantitative estimate of drug-likeness (QED) is 0.574. The van der Waals surface area contributed by atoms with Crippen molar-refractivity contribution in [1.29, 1.82) is 0 Å². The van der Waals surface area contributed by atoms with Crippen LogP contribution < -0.4 is 0 Å². The zero-order valence-electron chi connectivity index (χ0n) is 10.8. The topological polar surface area (TPSA) is 43.4 Å². The number of amides is 1. The van der Waals surface area contributed by atoms with E-state index < -0.39 is 17.4 Å². The molecule has 110 valence electrons. The molecule has 2 rings (SSSR count). The number of likely N-dealkylation sites (tertiary alicyclic amines) is 2. The van der Waals surface area contributed by atoms with E-state index in [1.807, 2.05) is 0 Å². The summed E-state index contributed by atoms with van der Waals surface area (Å²) < 4.78 is 35.8. The van der Waals surface area contributed by atoms with E-state index in [-0.39, 0.29) is 25.0 Å². The molecule has 0 saturated carbocycles. The van der Waals surface area contributed by atoms with Crippen molar-refractivity contribution in [3.05, 3.63) is 5.21 Å². The van der Waals surface area contributed by atoms with Gasteiger partial charge >= 0.3 is 6.18 Å². The highest BCUT2D eigenvalue weighted by molar-refractivity contribution is 5.77. The minimum absolute atomic E-state index is 0.0405. The molecule has 2 aliphatic heterocycles. The van der Waals surface area contributed by atoms with E-state index in [2.05, 4.69) is 0 Å². The largest absolute Gasteiger partial charge is 0.633 e. The molecular weight excluding hydrogens is 261 g/mol. The van der Waals surface area contributed by atoms with Crippen LogP contribution in [0.3, 0.4) is 0 Å². The number of rotatable bonds is 2. The van der Waals surface area contributed by atoms with Crippen molar-refractivity contribution >= 4 is 5.91 Å². The van der Waals surface area contributed by atoms with Gasteiger partial charge in [-0.2, -0.15) is 13.2 Å². The van der Waals surface area contributed by atoms with E-state index in [0.717, 1.165) is 12.8 Å². The number of nitrogens with zero attached hydrogens (tertiary/aromatic N) is 2. The number of hydroxylamine groups is 3. The third-order valence-corrected chi connectivity index (χ3v) is 4.01. The Bertz CT molecular complexity index is 338. The summed E-state index contributed by atoms with van der Waals surface area (Å²) in [5, 5.41) is 12.0. The monoisotopic (exact) mass is 280 g/mol. The van der Waals surface area contributed by atoms with Crippen LogP contribution in [0.25, 0.3) is 0 Å². The van der Waals surface area contributed by atoms with Crippen LogP contribution in [-0.4, -0.2) is 53.9 Å². The maximum Gasteiger partial charge on any atom is 0.438 e. The number of halogens is 3. The second-order valence-electron chi connectivity index (χ2n) is 5.55. The molecule has 0 unspecified atom stereocenters. The average Bonchev–Trinajstić information content (AvgIpc) is 2.28. The van der Waals surface area contributed by atoms with Gasteiger partial charge < -0.3 is 14.8 Å². The van der Waals surface area contributed by atoms with Crippen molar-refractivity contribution in [3.8, 4) is 0 Å². The molecule has 0 aromatic carbocycles. The van der Waals surface area contributed by atoms with Crippen LogP contribution in [0.15, 0.2) is 0 Å². The first-order valence-electron chi connectivity index (χ1n) is 6.72. The standard InChI is InChI=1S/C12H19F3N2O2/c13-12(14,15)9-17(19)7-4-10(5-8-17)16-6-2-1-3-11(16)18/h10H,1-9H2. The van der Waals surface area contributed by atoms with Gasteiger partial charge in [-0.15, -0.1) is 0 Å². The van der Waals surface area contributed by atoms with Gasteiger partial charge in [0.2, 0.25) is 5.91 Å². The third kappa shape index (κ3) is 3.82. The average molecular weight is 280 g/mol. The Labute approximate surface area is 110 Å². The number of piperidine rings is 2. The van der Waals surface area contributed by atoms with Gasteiger partial charge in [0.1, 0.15) is 0 Å².